The number of hydrogen-bond acceptors (Lipinski definition) is 3. The second-order valence-electron chi connectivity index (χ2n) is 6.60. The summed E-state index contributed by atoms with van der Waals surface area (Å²) in [5.74, 6) is 0.430. The molecule has 6 heteroatoms. The van der Waals surface area contributed by atoms with Crippen LogP contribution in [0.3, 0.4) is 0 Å². The van der Waals surface area contributed by atoms with Crippen molar-refractivity contribution >= 4 is 10.0 Å². The van der Waals surface area contributed by atoms with Gasteiger partial charge in [-0.25, -0.2) is 8.42 Å². The maximum Gasteiger partial charge on any atom is 0.243 e. The van der Waals surface area contributed by atoms with Gasteiger partial charge in [0.1, 0.15) is 0 Å². The Morgan fingerprint density at radius 1 is 1.16 bits per heavy atom. The van der Waals surface area contributed by atoms with Crippen LogP contribution in [-0.4, -0.2) is 29.6 Å². The minimum Gasteiger partial charge on any atom is -0.270 e. The lowest BCUT2D eigenvalue weighted by molar-refractivity contribution is 0.464. The third-order valence-corrected chi connectivity index (χ3v) is 6.80. The molecule has 1 heterocycles. The third-order valence-electron chi connectivity index (χ3n) is 4.98. The van der Waals surface area contributed by atoms with Crippen LogP contribution < -0.4 is 0 Å². The van der Waals surface area contributed by atoms with Gasteiger partial charge in [0, 0.05) is 31.4 Å². The average Bonchev–Trinajstić information content (AvgIpc) is 2.88. The first-order chi connectivity index (χ1) is 11.7. The molecule has 1 atom stereocenters. The molecule has 0 aliphatic heterocycles. The fourth-order valence-electron chi connectivity index (χ4n) is 2.96. The minimum atomic E-state index is -3.52. The molecule has 2 rings (SSSR count). The van der Waals surface area contributed by atoms with Crippen molar-refractivity contribution in [1.82, 2.24) is 14.1 Å². The molecule has 1 aromatic heterocycles. The zero-order valence-corrected chi connectivity index (χ0v) is 16.9. The fraction of sp³-hybridized carbons (Fsp3) is 0.526. The summed E-state index contributed by atoms with van der Waals surface area (Å²) in [6, 6.07) is 7.26. The first kappa shape index (κ1) is 19.7. The molecule has 0 amide bonds. The van der Waals surface area contributed by atoms with Crippen LogP contribution in [0.5, 0.6) is 0 Å². The summed E-state index contributed by atoms with van der Waals surface area (Å²) in [5, 5.41) is 4.47. The summed E-state index contributed by atoms with van der Waals surface area (Å²) in [4.78, 5) is 0.334. The minimum absolute atomic E-state index is 0.327. The van der Waals surface area contributed by atoms with Gasteiger partial charge in [0.25, 0.3) is 0 Å². The molecule has 138 valence electrons. The molecule has 0 bridgehead atoms. The lowest BCUT2D eigenvalue weighted by Gasteiger charge is -2.18. The van der Waals surface area contributed by atoms with Crippen LogP contribution in [0, 0.1) is 13.8 Å². The van der Waals surface area contributed by atoms with Crippen molar-refractivity contribution in [3.63, 3.8) is 0 Å². The number of aryl methyl sites for hydroxylation is 2. The molecule has 0 saturated carbocycles. The Hall–Kier alpha value is -1.66. The van der Waals surface area contributed by atoms with Crippen molar-refractivity contribution in [2.24, 2.45) is 0 Å². The second-order valence-corrected chi connectivity index (χ2v) is 8.65. The predicted molar refractivity (Wildman–Crippen MR) is 101 cm³/mol. The SMILES string of the molecule is CCC(C)c1ccc(S(=O)(=O)N(C)Cc2c(C)nn(CC)c2C)cc1. The Balaban J connectivity index is 2.26. The molecular formula is C19H29N3O2S. The van der Waals surface area contributed by atoms with E-state index in [4.69, 9.17) is 0 Å². The molecule has 0 N–H and O–H groups in total. The average molecular weight is 364 g/mol. The molecule has 1 aromatic carbocycles. The summed E-state index contributed by atoms with van der Waals surface area (Å²) < 4.78 is 29.1. The summed E-state index contributed by atoms with van der Waals surface area (Å²) in [5.41, 5.74) is 4.05. The largest absolute Gasteiger partial charge is 0.270 e. The van der Waals surface area contributed by atoms with Gasteiger partial charge in [-0.05, 0) is 50.8 Å². The zero-order chi connectivity index (χ0) is 18.8. The Labute approximate surface area is 151 Å². The molecule has 0 aliphatic carbocycles. The van der Waals surface area contributed by atoms with Crippen LogP contribution in [0.25, 0.3) is 0 Å². The molecule has 0 saturated heterocycles. The molecule has 0 aliphatic rings. The maximum absolute atomic E-state index is 12.9. The van der Waals surface area contributed by atoms with E-state index < -0.39 is 10.0 Å². The molecule has 0 fully saturated rings. The highest BCUT2D eigenvalue weighted by molar-refractivity contribution is 7.89. The first-order valence-electron chi connectivity index (χ1n) is 8.81. The van der Waals surface area contributed by atoms with Crippen molar-refractivity contribution in [1.29, 1.82) is 0 Å². The smallest absolute Gasteiger partial charge is 0.243 e. The van der Waals surface area contributed by atoms with Gasteiger partial charge >= 0.3 is 0 Å². The standard InChI is InChI=1S/C19H29N3O2S/c1-7-14(3)17-9-11-18(12-10-17)25(23,24)21(6)13-19-15(4)20-22(8-2)16(19)5/h9-12,14H,7-8,13H2,1-6H3. The lowest BCUT2D eigenvalue weighted by atomic mass is 9.99. The van der Waals surface area contributed by atoms with E-state index in [9.17, 15) is 8.42 Å². The number of hydrogen-bond donors (Lipinski definition) is 0. The third kappa shape index (κ3) is 3.96. The molecule has 0 spiro atoms. The summed E-state index contributed by atoms with van der Waals surface area (Å²) in [7, 11) is -1.90. The number of benzene rings is 1. The topological polar surface area (TPSA) is 55.2 Å². The van der Waals surface area contributed by atoms with Crippen molar-refractivity contribution in [3.05, 3.63) is 46.8 Å². The molecule has 0 radical (unpaired) electrons. The van der Waals surface area contributed by atoms with E-state index in [0.717, 1.165) is 29.9 Å². The van der Waals surface area contributed by atoms with Gasteiger partial charge in [0.2, 0.25) is 10.0 Å². The van der Waals surface area contributed by atoms with E-state index in [1.54, 1.807) is 19.2 Å². The van der Waals surface area contributed by atoms with Gasteiger partial charge in [-0.1, -0.05) is 26.0 Å². The van der Waals surface area contributed by atoms with Crippen LogP contribution in [0.1, 0.15) is 55.6 Å². The van der Waals surface area contributed by atoms with Crippen molar-refractivity contribution in [2.75, 3.05) is 7.05 Å². The zero-order valence-electron chi connectivity index (χ0n) is 16.1. The van der Waals surface area contributed by atoms with E-state index in [-0.39, 0.29) is 0 Å². The van der Waals surface area contributed by atoms with E-state index in [0.29, 0.717) is 17.4 Å². The van der Waals surface area contributed by atoms with Crippen LogP contribution in [-0.2, 0) is 23.1 Å². The summed E-state index contributed by atoms with van der Waals surface area (Å²) >= 11 is 0. The quantitative estimate of drug-likeness (QED) is 0.751. The Morgan fingerprint density at radius 3 is 2.24 bits per heavy atom. The highest BCUT2D eigenvalue weighted by Crippen LogP contribution is 2.24. The first-order valence-corrected chi connectivity index (χ1v) is 10.3. The van der Waals surface area contributed by atoms with Crippen LogP contribution >= 0.6 is 0 Å². The number of sulfonamides is 1. The van der Waals surface area contributed by atoms with Gasteiger partial charge in [0.15, 0.2) is 0 Å². The molecular weight excluding hydrogens is 334 g/mol. The van der Waals surface area contributed by atoms with Gasteiger partial charge < -0.3 is 0 Å². The summed E-state index contributed by atoms with van der Waals surface area (Å²) in [6.45, 7) is 11.3. The Bertz CT molecular complexity index is 823. The van der Waals surface area contributed by atoms with Gasteiger partial charge in [-0.3, -0.25) is 4.68 Å². The van der Waals surface area contributed by atoms with Gasteiger partial charge in [-0.15, -0.1) is 0 Å². The molecule has 5 nitrogen and oxygen atoms in total. The number of aromatic nitrogens is 2. The monoisotopic (exact) mass is 363 g/mol. The van der Waals surface area contributed by atoms with Crippen molar-refractivity contribution < 1.29 is 8.42 Å². The Kier molecular flexibility index (Phi) is 6.06. The van der Waals surface area contributed by atoms with Gasteiger partial charge in [0.05, 0.1) is 10.6 Å². The maximum atomic E-state index is 12.9. The van der Waals surface area contributed by atoms with Crippen molar-refractivity contribution in [3.8, 4) is 0 Å². The van der Waals surface area contributed by atoms with E-state index in [2.05, 4.69) is 18.9 Å². The summed E-state index contributed by atoms with van der Waals surface area (Å²) in [6.07, 6.45) is 1.03. The molecule has 1 unspecified atom stereocenters. The number of rotatable bonds is 7. The fourth-order valence-corrected chi connectivity index (χ4v) is 4.10. The van der Waals surface area contributed by atoms with Crippen LogP contribution in [0.4, 0.5) is 0 Å². The second kappa shape index (κ2) is 7.70. The van der Waals surface area contributed by atoms with Crippen LogP contribution in [0.2, 0.25) is 0 Å². The number of nitrogens with zero attached hydrogens (tertiary/aromatic N) is 3. The normalized spacial score (nSPS) is 13.4. The van der Waals surface area contributed by atoms with Crippen molar-refractivity contribution in [2.45, 2.75) is 64.9 Å². The highest BCUT2D eigenvalue weighted by Gasteiger charge is 2.23. The van der Waals surface area contributed by atoms with E-state index in [1.807, 2.05) is 37.6 Å². The van der Waals surface area contributed by atoms with E-state index >= 15 is 0 Å². The predicted octanol–water partition coefficient (Wildman–Crippen LogP) is 3.85. The van der Waals surface area contributed by atoms with Gasteiger partial charge in [-0.2, -0.15) is 9.40 Å². The highest BCUT2D eigenvalue weighted by atomic mass is 32.2. The lowest BCUT2D eigenvalue weighted by Crippen LogP contribution is -2.27. The Morgan fingerprint density at radius 2 is 1.76 bits per heavy atom. The van der Waals surface area contributed by atoms with E-state index in [1.165, 1.54) is 9.87 Å². The molecule has 25 heavy (non-hydrogen) atoms. The van der Waals surface area contributed by atoms with Crippen LogP contribution in [0.15, 0.2) is 29.2 Å². The molecule has 2 aromatic rings.